The van der Waals surface area contributed by atoms with Gasteiger partial charge >= 0.3 is 0 Å². The van der Waals surface area contributed by atoms with E-state index in [0.717, 1.165) is 23.6 Å². The molecule has 2 unspecified atom stereocenters. The van der Waals surface area contributed by atoms with Gasteiger partial charge in [0, 0.05) is 34.9 Å². The van der Waals surface area contributed by atoms with Crippen molar-refractivity contribution in [1.82, 2.24) is 10.3 Å². The molecule has 0 saturated carbocycles. The molecule has 0 radical (unpaired) electrons. The number of aliphatic hydroxyl groups is 1. The Morgan fingerprint density at radius 2 is 2.22 bits per heavy atom. The molecule has 1 aromatic carbocycles. The third kappa shape index (κ3) is 4.15. The van der Waals surface area contributed by atoms with Crippen LogP contribution in [0.3, 0.4) is 0 Å². The number of nitrogens with zero attached hydrogens (tertiary/aromatic N) is 1. The number of thioether (sulfide) groups is 1. The van der Waals surface area contributed by atoms with Gasteiger partial charge in [0.2, 0.25) is 0 Å². The first kappa shape index (κ1) is 17.0. The monoisotopic (exact) mass is 348 g/mol. The predicted molar refractivity (Wildman–Crippen MR) is 100 cm³/mol. The summed E-state index contributed by atoms with van der Waals surface area (Å²) in [5.41, 5.74) is 2.48. The molecule has 5 heteroatoms. The Hall–Kier alpha value is -0.880. The van der Waals surface area contributed by atoms with Gasteiger partial charge in [-0.2, -0.15) is 11.8 Å². The molecule has 3 rings (SSSR count). The van der Waals surface area contributed by atoms with E-state index in [9.17, 15) is 5.11 Å². The number of benzene rings is 1. The molecule has 1 aliphatic carbocycles. The second kappa shape index (κ2) is 8.29. The van der Waals surface area contributed by atoms with Gasteiger partial charge in [0.05, 0.1) is 5.69 Å². The summed E-state index contributed by atoms with van der Waals surface area (Å²) in [5, 5.41) is 14.2. The molecule has 0 aliphatic heterocycles. The third-order valence-electron chi connectivity index (χ3n) is 4.25. The summed E-state index contributed by atoms with van der Waals surface area (Å²) in [6.07, 6.45) is 6.38. The minimum Gasteiger partial charge on any atom is -0.396 e. The highest BCUT2D eigenvalue weighted by Gasteiger charge is 2.26. The van der Waals surface area contributed by atoms with E-state index in [-0.39, 0.29) is 6.61 Å². The van der Waals surface area contributed by atoms with Gasteiger partial charge in [-0.3, -0.25) is 0 Å². The number of fused-ring (bicyclic) bond motifs is 1. The van der Waals surface area contributed by atoms with Crippen molar-refractivity contribution in [1.29, 1.82) is 0 Å². The number of aromatic nitrogens is 1. The summed E-state index contributed by atoms with van der Waals surface area (Å²) in [6.45, 7) is 0.246. The first-order valence-corrected chi connectivity index (χ1v) is 10.4. The Morgan fingerprint density at radius 1 is 1.39 bits per heavy atom. The summed E-state index contributed by atoms with van der Waals surface area (Å²) >= 11 is 3.67. The lowest BCUT2D eigenvalue weighted by Crippen LogP contribution is -2.36. The number of hydrogen-bond acceptors (Lipinski definition) is 5. The highest BCUT2D eigenvalue weighted by atomic mass is 32.2. The second-order valence-corrected chi connectivity index (χ2v) is 7.91. The lowest BCUT2D eigenvalue weighted by atomic mass is 9.97. The van der Waals surface area contributed by atoms with E-state index in [1.54, 1.807) is 0 Å². The fourth-order valence-electron chi connectivity index (χ4n) is 3.14. The average Bonchev–Trinajstić information content (AvgIpc) is 3.01. The van der Waals surface area contributed by atoms with E-state index in [4.69, 9.17) is 4.98 Å². The predicted octanol–water partition coefficient (Wildman–Crippen LogP) is 3.89. The van der Waals surface area contributed by atoms with Crippen molar-refractivity contribution in [2.75, 3.05) is 18.6 Å². The van der Waals surface area contributed by atoms with Gasteiger partial charge in [-0.05, 0) is 31.9 Å². The SMILES string of the molecule is CSCC(CCO)NC1CCCc2nc(-c3ccccc3)sc21. The third-order valence-corrected chi connectivity index (χ3v) is 6.25. The van der Waals surface area contributed by atoms with Crippen LogP contribution in [0, 0.1) is 0 Å². The summed E-state index contributed by atoms with van der Waals surface area (Å²) in [7, 11) is 0. The zero-order chi connectivity index (χ0) is 16.1. The van der Waals surface area contributed by atoms with E-state index < -0.39 is 0 Å². The van der Waals surface area contributed by atoms with Crippen molar-refractivity contribution in [3.05, 3.63) is 40.9 Å². The quantitative estimate of drug-likeness (QED) is 0.797. The summed E-state index contributed by atoms with van der Waals surface area (Å²) in [5.74, 6) is 1.04. The molecule has 2 aromatic rings. The Labute approximate surface area is 146 Å². The molecule has 1 aliphatic rings. The number of aryl methyl sites for hydroxylation is 1. The lowest BCUT2D eigenvalue weighted by Gasteiger charge is -2.27. The Kier molecular flexibility index (Phi) is 6.11. The largest absolute Gasteiger partial charge is 0.396 e. The van der Waals surface area contributed by atoms with Crippen LogP contribution in [-0.4, -0.2) is 34.7 Å². The molecular formula is C18H24N2OS2. The van der Waals surface area contributed by atoms with Crippen LogP contribution in [0.15, 0.2) is 30.3 Å². The van der Waals surface area contributed by atoms with Gasteiger partial charge in [-0.1, -0.05) is 30.3 Å². The van der Waals surface area contributed by atoms with Crippen LogP contribution >= 0.6 is 23.1 Å². The van der Waals surface area contributed by atoms with E-state index in [0.29, 0.717) is 12.1 Å². The number of thiazole rings is 1. The Balaban J connectivity index is 1.80. The second-order valence-electron chi connectivity index (χ2n) is 5.97. The normalized spacial score (nSPS) is 18.6. The molecular weight excluding hydrogens is 324 g/mol. The number of rotatable bonds is 7. The molecule has 3 nitrogen and oxygen atoms in total. The van der Waals surface area contributed by atoms with Crippen molar-refractivity contribution in [3.8, 4) is 10.6 Å². The molecule has 23 heavy (non-hydrogen) atoms. The smallest absolute Gasteiger partial charge is 0.123 e. The van der Waals surface area contributed by atoms with E-state index in [1.807, 2.05) is 29.2 Å². The number of nitrogens with one attached hydrogen (secondary N) is 1. The van der Waals surface area contributed by atoms with Gasteiger partial charge in [0.25, 0.3) is 0 Å². The summed E-state index contributed by atoms with van der Waals surface area (Å²) < 4.78 is 0. The number of aliphatic hydroxyl groups excluding tert-OH is 1. The number of hydrogen-bond donors (Lipinski definition) is 2. The first-order valence-electron chi connectivity index (χ1n) is 8.22. The van der Waals surface area contributed by atoms with Crippen molar-refractivity contribution in [2.45, 2.75) is 37.8 Å². The molecule has 0 spiro atoms. The van der Waals surface area contributed by atoms with E-state index in [2.05, 4.69) is 35.8 Å². The van der Waals surface area contributed by atoms with Crippen LogP contribution in [0.25, 0.3) is 10.6 Å². The maximum absolute atomic E-state index is 9.28. The van der Waals surface area contributed by atoms with Crippen molar-refractivity contribution < 1.29 is 5.11 Å². The van der Waals surface area contributed by atoms with Crippen LogP contribution < -0.4 is 5.32 Å². The maximum atomic E-state index is 9.28. The summed E-state index contributed by atoms with van der Waals surface area (Å²) in [4.78, 5) is 6.30. The van der Waals surface area contributed by atoms with Gasteiger partial charge < -0.3 is 10.4 Å². The molecule has 124 valence electrons. The Morgan fingerprint density at radius 3 is 2.96 bits per heavy atom. The van der Waals surface area contributed by atoms with Crippen molar-refractivity contribution >= 4 is 23.1 Å². The minimum atomic E-state index is 0.246. The highest BCUT2D eigenvalue weighted by Crippen LogP contribution is 2.38. The topological polar surface area (TPSA) is 45.1 Å². The van der Waals surface area contributed by atoms with Crippen molar-refractivity contribution in [2.24, 2.45) is 0 Å². The van der Waals surface area contributed by atoms with Crippen LogP contribution in [-0.2, 0) is 6.42 Å². The molecule has 2 atom stereocenters. The highest BCUT2D eigenvalue weighted by molar-refractivity contribution is 7.98. The van der Waals surface area contributed by atoms with E-state index in [1.165, 1.54) is 29.0 Å². The zero-order valence-corrected chi connectivity index (χ0v) is 15.1. The Bertz CT molecular complexity index is 609. The summed E-state index contributed by atoms with van der Waals surface area (Å²) in [6, 6.07) is 11.2. The average molecular weight is 349 g/mol. The zero-order valence-electron chi connectivity index (χ0n) is 13.5. The van der Waals surface area contributed by atoms with Crippen molar-refractivity contribution in [3.63, 3.8) is 0 Å². The molecule has 0 saturated heterocycles. The minimum absolute atomic E-state index is 0.246. The first-order chi connectivity index (χ1) is 11.3. The molecule has 0 bridgehead atoms. The van der Waals surface area contributed by atoms with Crippen LogP contribution in [0.5, 0.6) is 0 Å². The molecule has 1 aromatic heterocycles. The fourth-order valence-corrected chi connectivity index (χ4v) is 5.02. The fraction of sp³-hybridized carbons (Fsp3) is 0.500. The van der Waals surface area contributed by atoms with Crippen LogP contribution in [0.1, 0.15) is 35.9 Å². The standard InChI is InChI=1S/C18H24N2OS2/c1-22-12-14(10-11-21)19-15-8-5-9-16-17(15)23-18(20-16)13-6-3-2-4-7-13/h2-4,6-7,14-15,19,21H,5,8-12H2,1H3. The lowest BCUT2D eigenvalue weighted by molar-refractivity contribution is 0.262. The molecule has 0 amide bonds. The van der Waals surface area contributed by atoms with Crippen LogP contribution in [0.2, 0.25) is 0 Å². The van der Waals surface area contributed by atoms with Gasteiger partial charge in [0.1, 0.15) is 5.01 Å². The molecule has 1 heterocycles. The van der Waals surface area contributed by atoms with Gasteiger partial charge in [-0.25, -0.2) is 4.98 Å². The van der Waals surface area contributed by atoms with Gasteiger partial charge in [0.15, 0.2) is 0 Å². The molecule has 0 fully saturated rings. The maximum Gasteiger partial charge on any atom is 0.123 e. The van der Waals surface area contributed by atoms with Crippen LogP contribution in [0.4, 0.5) is 0 Å². The van der Waals surface area contributed by atoms with Gasteiger partial charge in [-0.15, -0.1) is 11.3 Å². The molecule has 2 N–H and O–H groups in total. The van der Waals surface area contributed by atoms with E-state index >= 15 is 0 Å².